The monoisotopic (exact) mass is 597 g/mol. The Balaban J connectivity index is 1.45. The van der Waals surface area contributed by atoms with Crippen molar-refractivity contribution in [3.63, 3.8) is 0 Å². The summed E-state index contributed by atoms with van der Waals surface area (Å²) in [7, 11) is 1.98. The van der Waals surface area contributed by atoms with E-state index >= 15 is 0 Å². The first-order valence-electron chi connectivity index (χ1n) is 14.1. The highest BCUT2D eigenvalue weighted by molar-refractivity contribution is 5.89. The molecule has 1 atom stereocenters. The second kappa shape index (κ2) is 11.6. The number of amides is 1. The van der Waals surface area contributed by atoms with E-state index in [-0.39, 0.29) is 23.1 Å². The minimum atomic E-state index is -4.57. The maximum Gasteiger partial charge on any atom is 0.416 e. The fourth-order valence-electron chi connectivity index (χ4n) is 6.16. The van der Waals surface area contributed by atoms with Gasteiger partial charge in [-0.1, -0.05) is 30.3 Å². The van der Waals surface area contributed by atoms with E-state index in [9.17, 15) is 32.0 Å². The van der Waals surface area contributed by atoms with E-state index in [2.05, 4.69) is 15.2 Å². The van der Waals surface area contributed by atoms with Crippen LogP contribution in [0.15, 0.2) is 60.8 Å². The summed E-state index contributed by atoms with van der Waals surface area (Å²) in [5.74, 6) is -3.24. The Morgan fingerprint density at radius 3 is 2.35 bits per heavy atom. The zero-order chi connectivity index (χ0) is 31.0. The second-order valence-electron chi connectivity index (χ2n) is 11.5. The van der Waals surface area contributed by atoms with Crippen LogP contribution >= 0.6 is 0 Å². The number of nitrogens with one attached hydrogen (secondary N) is 1. The third-order valence-electron chi connectivity index (χ3n) is 8.56. The molecule has 43 heavy (non-hydrogen) atoms. The van der Waals surface area contributed by atoms with Crippen molar-refractivity contribution in [2.45, 2.75) is 49.7 Å². The summed E-state index contributed by atoms with van der Waals surface area (Å²) in [6.07, 6.45) is -1.56. The Kier molecular flexibility index (Phi) is 8.18. The molecule has 2 aliphatic rings. The number of likely N-dealkylation sites (tertiary alicyclic amines) is 1. The summed E-state index contributed by atoms with van der Waals surface area (Å²) >= 11 is 0. The van der Waals surface area contributed by atoms with Crippen molar-refractivity contribution in [3.8, 4) is 17.3 Å². The van der Waals surface area contributed by atoms with Crippen molar-refractivity contribution in [1.82, 2.24) is 15.2 Å². The third kappa shape index (κ3) is 6.20. The zero-order valence-corrected chi connectivity index (χ0v) is 23.9. The Morgan fingerprint density at radius 1 is 1.05 bits per heavy atom. The quantitative estimate of drug-likeness (QED) is 0.348. The normalized spacial score (nSPS) is 19.2. The van der Waals surface area contributed by atoms with Crippen molar-refractivity contribution in [2.75, 3.05) is 38.1 Å². The number of carbonyl (C=O) groups is 1. The van der Waals surface area contributed by atoms with E-state index in [1.54, 1.807) is 36.5 Å². The third-order valence-corrected chi connectivity index (χ3v) is 8.56. The fourth-order valence-corrected chi connectivity index (χ4v) is 6.16. The molecule has 0 bridgehead atoms. The lowest BCUT2D eigenvalue weighted by Gasteiger charge is -2.42. The number of benzene rings is 2. The van der Waals surface area contributed by atoms with Gasteiger partial charge in [0.2, 0.25) is 5.91 Å². The highest BCUT2D eigenvalue weighted by Gasteiger charge is 2.45. The fraction of sp³-hybridized carbons (Fsp3) is 0.406. The molecule has 1 aromatic heterocycles. The second-order valence-corrected chi connectivity index (χ2v) is 11.5. The molecule has 0 radical (unpaired) electrons. The number of hydrogen-bond acceptors (Lipinski definition) is 5. The molecule has 0 saturated carbocycles. The van der Waals surface area contributed by atoms with E-state index in [4.69, 9.17) is 0 Å². The highest BCUT2D eigenvalue weighted by atomic mass is 19.4. The summed E-state index contributed by atoms with van der Waals surface area (Å²) in [5.41, 5.74) is -0.459. The van der Waals surface area contributed by atoms with Gasteiger partial charge in [0.15, 0.2) is 0 Å². The Hall–Kier alpha value is -4.04. The van der Waals surface area contributed by atoms with Crippen LogP contribution in [0.4, 0.5) is 27.6 Å². The molecule has 1 N–H and O–H groups in total. The van der Waals surface area contributed by atoms with Crippen molar-refractivity contribution in [3.05, 3.63) is 83.0 Å². The molecule has 3 heterocycles. The molecular weight excluding hydrogens is 565 g/mol. The van der Waals surface area contributed by atoms with Gasteiger partial charge in [-0.25, -0.2) is 8.78 Å². The van der Waals surface area contributed by atoms with Gasteiger partial charge in [0, 0.05) is 49.9 Å². The molecular formula is C32H32F5N5O. The van der Waals surface area contributed by atoms with Crippen LogP contribution in [0.25, 0.3) is 11.3 Å². The van der Waals surface area contributed by atoms with Gasteiger partial charge in [0.05, 0.1) is 27.9 Å². The molecule has 0 spiro atoms. The average molecular weight is 598 g/mol. The maximum absolute atomic E-state index is 14.3. The topological polar surface area (TPSA) is 72.3 Å². The van der Waals surface area contributed by atoms with Crippen LogP contribution in [0.5, 0.6) is 0 Å². The van der Waals surface area contributed by atoms with Crippen LogP contribution in [0.2, 0.25) is 0 Å². The van der Waals surface area contributed by atoms with Crippen LogP contribution in [-0.2, 0) is 22.3 Å². The van der Waals surface area contributed by atoms with E-state index in [0.717, 1.165) is 32.0 Å². The van der Waals surface area contributed by atoms with Gasteiger partial charge in [-0.2, -0.15) is 18.4 Å². The molecule has 3 aromatic rings. The minimum Gasteiger partial charge on any atom is -0.370 e. The van der Waals surface area contributed by atoms with Gasteiger partial charge in [-0.05, 0) is 62.7 Å². The number of anilines is 1. The van der Waals surface area contributed by atoms with Crippen LogP contribution in [-0.4, -0.2) is 55.1 Å². The van der Waals surface area contributed by atoms with E-state index in [1.807, 2.05) is 18.0 Å². The zero-order valence-electron chi connectivity index (χ0n) is 23.9. The number of carbonyl (C=O) groups excluding carboxylic acids is 1. The lowest BCUT2D eigenvalue weighted by molar-refractivity contribution is -0.137. The molecule has 226 valence electrons. The average Bonchev–Trinajstić information content (AvgIpc) is 3.40. The molecule has 2 aliphatic heterocycles. The van der Waals surface area contributed by atoms with Gasteiger partial charge in [0.25, 0.3) is 5.92 Å². The van der Waals surface area contributed by atoms with Crippen LogP contribution < -0.4 is 10.2 Å². The van der Waals surface area contributed by atoms with Crippen LogP contribution in [0.1, 0.15) is 48.4 Å². The molecule has 2 fully saturated rings. The number of hydrogen-bond donors (Lipinski definition) is 1. The van der Waals surface area contributed by atoms with Crippen molar-refractivity contribution in [2.24, 2.45) is 0 Å². The van der Waals surface area contributed by atoms with Crippen molar-refractivity contribution < 1.29 is 26.7 Å². The molecule has 2 aromatic carbocycles. The van der Waals surface area contributed by atoms with Crippen molar-refractivity contribution in [1.29, 1.82) is 5.26 Å². The van der Waals surface area contributed by atoms with Crippen molar-refractivity contribution >= 4 is 11.6 Å². The Morgan fingerprint density at radius 2 is 1.77 bits per heavy atom. The van der Waals surface area contributed by atoms with Crippen LogP contribution in [0, 0.1) is 11.3 Å². The molecule has 2 saturated heterocycles. The van der Waals surface area contributed by atoms with Gasteiger partial charge < -0.3 is 15.1 Å². The SMILES string of the molecule is CN1CC[C@@H](NC(=O)C2(c3ccc(-c4ccccc4C(C)(F)F)nc3)CCN(c3ccc(C(F)(F)F)cc3C#N)CC2)C1. The Labute approximate surface area is 247 Å². The summed E-state index contributed by atoms with van der Waals surface area (Å²) in [6, 6.07) is 14.5. The van der Waals surface area contributed by atoms with Crippen LogP contribution in [0.3, 0.4) is 0 Å². The van der Waals surface area contributed by atoms with Gasteiger partial charge in [-0.15, -0.1) is 0 Å². The summed E-state index contributed by atoms with van der Waals surface area (Å²) in [4.78, 5) is 22.5. The number of nitrogens with zero attached hydrogens (tertiary/aromatic N) is 4. The van der Waals surface area contributed by atoms with Gasteiger partial charge in [0.1, 0.15) is 6.07 Å². The summed E-state index contributed by atoms with van der Waals surface area (Å²) in [5, 5.41) is 12.8. The minimum absolute atomic E-state index is 0.0293. The first-order valence-corrected chi connectivity index (χ1v) is 14.1. The smallest absolute Gasteiger partial charge is 0.370 e. The Bertz CT molecular complexity index is 1520. The number of halogens is 5. The number of alkyl halides is 5. The first-order chi connectivity index (χ1) is 20.3. The number of pyridine rings is 1. The van der Waals surface area contributed by atoms with E-state index < -0.39 is 23.1 Å². The number of likely N-dealkylation sites (N-methyl/N-ethyl adjacent to an activating group) is 1. The molecule has 11 heteroatoms. The van der Waals surface area contributed by atoms with E-state index in [1.165, 1.54) is 12.1 Å². The molecule has 1 amide bonds. The largest absolute Gasteiger partial charge is 0.416 e. The maximum atomic E-state index is 14.3. The first kappa shape index (κ1) is 30.4. The summed E-state index contributed by atoms with van der Waals surface area (Å²) in [6.45, 7) is 3.02. The van der Waals surface area contributed by atoms with E-state index in [0.29, 0.717) is 55.0 Å². The number of piperidine rings is 1. The predicted octanol–water partition coefficient (Wildman–Crippen LogP) is 6.11. The highest BCUT2D eigenvalue weighted by Crippen LogP contribution is 2.41. The molecule has 0 unspecified atom stereocenters. The lowest BCUT2D eigenvalue weighted by Crippen LogP contribution is -2.54. The molecule has 6 nitrogen and oxygen atoms in total. The predicted molar refractivity (Wildman–Crippen MR) is 153 cm³/mol. The van der Waals surface area contributed by atoms with Gasteiger partial charge >= 0.3 is 6.18 Å². The van der Waals surface area contributed by atoms with Gasteiger partial charge in [-0.3, -0.25) is 9.78 Å². The summed E-state index contributed by atoms with van der Waals surface area (Å²) < 4.78 is 68.4. The standard InChI is InChI=1S/C32H32F5N5O/c1-30(33,34)26-6-4-3-5-25(26)27-9-7-23(19-39-27)31(29(43)40-24-11-14-41(2)20-24)12-15-42(16-13-31)28-10-8-22(32(35,36)37)17-21(28)18-38/h3-10,17,19,24H,11-16,20H2,1-2H3,(H,40,43)/t24-/m1/s1. The number of rotatable bonds is 6. The number of nitriles is 1. The molecule has 5 rings (SSSR count). The number of aromatic nitrogens is 1. The lowest BCUT2D eigenvalue weighted by atomic mass is 9.72. The molecule has 0 aliphatic carbocycles.